The highest BCUT2D eigenvalue weighted by Gasteiger charge is 2.05. The Hall–Kier alpha value is -0.0400. The predicted molar refractivity (Wildman–Crippen MR) is 85.3 cm³/mol. The fourth-order valence-electron chi connectivity index (χ4n) is 1.36. The maximum absolute atomic E-state index is 4.98. The van der Waals surface area contributed by atoms with E-state index in [0.29, 0.717) is 12.6 Å². The van der Waals surface area contributed by atoms with Gasteiger partial charge in [-0.3, -0.25) is 4.99 Å². The molecule has 0 aliphatic carbocycles. The first-order chi connectivity index (χ1) is 7.60. The van der Waals surface area contributed by atoms with Gasteiger partial charge in [0.25, 0.3) is 0 Å². The van der Waals surface area contributed by atoms with Crippen LogP contribution in [0.1, 0.15) is 33.6 Å². The largest absolute Gasteiger partial charge is 0.383 e. The first-order valence-electron chi connectivity index (χ1n) is 6.06. The molecule has 17 heavy (non-hydrogen) atoms. The molecule has 0 aromatic carbocycles. The molecule has 0 aromatic heterocycles. The fourth-order valence-corrected chi connectivity index (χ4v) is 1.36. The zero-order valence-corrected chi connectivity index (χ0v) is 14.1. The van der Waals surface area contributed by atoms with E-state index < -0.39 is 0 Å². The molecule has 0 aliphatic rings. The normalized spacial score (nSPS) is 13.2. The Labute approximate surface area is 123 Å². The average molecular weight is 357 g/mol. The number of methoxy groups -OCH3 is 1. The summed E-state index contributed by atoms with van der Waals surface area (Å²) in [5.74, 6) is 1.61. The fraction of sp³-hybridized carbons (Fsp3) is 0.917. The first kappa shape index (κ1) is 19.3. The lowest BCUT2D eigenvalue weighted by atomic mass is 10.0. The Morgan fingerprint density at radius 1 is 1.24 bits per heavy atom. The molecular formula is C12H28IN3O. The van der Waals surface area contributed by atoms with Crippen molar-refractivity contribution in [1.29, 1.82) is 0 Å². The number of nitrogens with one attached hydrogen (secondary N) is 2. The van der Waals surface area contributed by atoms with Crippen molar-refractivity contribution in [3.8, 4) is 0 Å². The molecular weight excluding hydrogens is 329 g/mol. The zero-order valence-electron chi connectivity index (χ0n) is 11.7. The summed E-state index contributed by atoms with van der Waals surface area (Å²) in [7, 11) is 3.49. The number of rotatable bonds is 7. The van der Waals surface area contributed by atoms with Gasteiger partial charge in [0.1, 0.15) is 0 Å². The summed E-state index contributed by atoms with van der Waals surface area (Å²) >= 11 is 0. The maximum atomic E-state index is 4.98. The number of guanidine groups is 1. The lowest BCUT2D eigenvalue weighted by Gasteiger charge is -2.18. The maximum Gasteiger partial charge on any atom is 0.191 e. The Morgan fingerprint density at radius 2 is 1.88 bits per heavy atom. The molecule has 0 spiro atoms. The molecule has 0 aromatic rings. The minimum atomic E-state index is 0. The van der Waals surface area contributed by atoms with Crippen LogP contribution in [0.3, 0.4) is 0 Å². The SMILES string of the molecule is CN=C(NCCOC)NC(C)CCC(C)C.I. The van der Waals surface area contributed by atoms with E-state index in [-0.39, 0.29) is 24.0 Å². The Bertz CT molecular complexity index is 198. The number of ether oxygens (including phenoxy) is 1. The summed E-state index contributed by atoms with van der Waals surface area (Å²) < 4.78 is 4.98. The minimum absolute atomic E-state index is 0. The van der Waals surface area contributed by atoms with Gasteiger partial charge in [0, 0.05) is 26.7 Å². The summed E-state index contributed by atoms with van der Waals surface area (Å²) in [6.07, 6.45) is 2.41. The van der Waals surface area contributed by atoms with Crippen LogP contribution in [0.25, 0.3) is 0 Å². The topological polar surface area (TPSA) is 45.7 Å². The summed E-state index contributed by atoms with van der Waals surface area (Å²) in [6.45, 7) is 8.16. The molecule has 0 bridgehead atoms. The first-order valence-corrected chi connectivity index (χ1v) is 6.06. The second-order valence-corrected chi connectivity index (χ2v) is 4.51. The predicted octanol–water partition coefficient (Wildman–Crippen LogP) is 2.24. The summed E-state index contributed by atoms with van der Waals surface area (Å²) in [4.78, 5) is 4.17. The second kappa shape index (κ2) is 12.4. The van der Waals surface area contributed by atoms with Gasteiger partial charge in [-0.05, 0) is 25.7 Å². The number of nitrogens with zero attached hydrogens (tertiary/aromatic N) is 1. The zero-order chi connectivity index (χ0) is 12.4. The Morgan fingerprint density at radius 3 is 2.35 bits per heavy atom. The quantitative estimate of drug-likeness (QED) is 0.318. The highest BCUT2D eigenvalue weighted by atomic mass is 127. The molecule has 2 N–H and O–H groups in total. The van der Waals surface area contributed by atoms with E-state index in [2.05, 4.69) is 36.4 Å². The summed E-state index contributed by atoms with van der Waals surface area (Å²) in [5, 5.41) is 6.57. The van der Waals surface area contributed by atoms with Crippen LogP contribution < -0.4 is 10.6 Å². The lowest BCUT2D eigenvalue weighted by molar-refractivity contribution is 0.203. The van der Waals surface area contributed by atoms with Crippen molar-refractivity contribution in [3.05, 3.63) is 0 Å². The molecule has 0 radical (unpaired) electrons. The highest BCUT2D eigenvalue weighted by Crippen LogP contribution is 2.05. The van der Waals surface area contributed by atoms with E-state index in [4.69, 9.17) is 4.74 Å². The Balaban J connectivity index is 0. The van der Waals surface area contributed by atoms with Crippen molar-refractivity contribution in [3.63, 3.8) is 0 Å². The molecule has 1 unspecified atom stereocenters. The van der Waals surface area contributed by atoms with E-state index in [1.807, 2.05) is 0 Å². The van der Waals surface area contributed by atoms with E-state index in [1.54, 1.807) is 14.2 Å². The second-order valence-electron chi connectivity index (χ2n) is 4.51. The molecule has 0 fully saturated rings. The van der Waals surface area contributed by atoms with Crippen molar-refractivity contribution in [1.82, 2.24) is 10.6 Å². The van der Waals surface area contributed by atoms with E-state index in [1.165, 1.54) is 12.8 Å². The van der Waals surface area contributed by atoms with Crippen LogP contribution in [0.2, 0.25) is 0 Å². The Kier molecular flexibility index (Phi) is 14.1. The molecule has 5 heteroatoms. The third-order valence-electron chi connectivity index (χ3n) is 2.38. The van der Waals surface area contributed by atoms with Crippen molar-refractivity contribution >= 4 is 29.9 Å². The van der Waals surface area contributed by atoms with Gasteiger partial charge in [0.2, 0.25) is 0 Å². The van der Waals surface area contributed by atoms with Crippen molar-refractivity contribution in [2.24, 2.45) is 10.9 Å². The smallest absolute Gasteiger partial charge is 0.191 e. The van der Waals surface area contributed by atoms with Crippen molar-refractivity contribution < 1.29 is 4.74 Å². The average Bonchev–Trinajstić information content (AvgIpc) is 2.25. The van der Waals surface area contributed by atoms with Gasteiger partial charge < -0.3 is 15.4 Å². The van der Waals surface area contributed by atoms with Gasteiger partial charge in [-0.2, -0.15) is 0 Å². The van der Waals surface area contributed by atoms with Crippen molar-refractivity contribution in [2.75, 3.05) is 27.3 Å². The number of hydrogen-bond donors (Lipinski definition) is 2. The van der Waals surface area contributed by atoms with Crippen LogP contribution in [-0.4, -0.2) is 39.3 Å². The molecule has 0 saturated heterocycles. The molecule has 0 rings (SSSR count). The van der Waals surface area contributed by atoms with Crippen LogP contribution >= 0.6 is 24.0 Å². The van der Waals surface area contributed by atoms with Gasteiger partial charge >= 0.3 is 0 Å². The molecule has 0 amide bonds. The highest BCUT2D eigenvalue weighted by molar-refractivity contribution is 14.0. The molecule has 1 atom stereocenters. The molecule has 4 nitrogen and oxygen atoms in total. The van der Waals surface area contributed by atoms with Gasteiger partial charge in [-0.1, -0.05) is 13.8 Å². The number of hydrogen-bond acceptors (Lipinski definition) is 2. The minimum Gasteiger partial charge on any atom is -0.383 e. The van der Waals surface area contributed by atoms with Crippen LogP contribution in [-0.2, 0) is 4.74 Å². The summed E-state index contributed by atoms with van der Waals surface area (Å²) in [6, 6.07) is 0.455. The molecule has 0 saturated carbocycles. The van der Waals surface area contributed by atoms with E-state index in [9.17, 15) is 0 Å². The summed E-state index contributed by atoms with van der Waals surface area (Å²) in [5.41, 5.74) is 0. The molecule has 104 valence electrons. The molecule has 0 aliphatic heterocycles. The van der Waals surface area contributed by atoms with Gasteiger partial charge in [-0.15, -0.1) is 24.0 Å². The van der Waals surface area contributed by atoms with Gasteiger partial charge in [-0.25, -0.2) is 0 Å². The molecule has 0 heterocycles. The van der Waals surface area contributed by atoms with Gasteiger partial charge in [0.15, 0.2) is 5.96 Å². The van der Waals surface area contributed by atoms with E-state index >= 15 is 0 Å². The number of aliphatic imine (C=N–C) groups is 1. The van der Waals surface area contributed by atoms with Crippen LogP contribution in [0, 0.1) is 5.92 Å². The van der Waals surface area contributed by atoms with Crippen molar-refractivity contribution in [2.45, 2.75) is 39.7 Å². The van der Waals surface area contributed by atoms with Crippen LogP contribution in [0.15, 0.2) is 4.99 Å². The third kappa shape index (κ3) is 12.2. The lowest BCUT2D eigenvalue weighted by Crippen LogP contribution is -2.43. The monoisotopic (exact) mass is 357 g/mol. The van der Waals surface area contributed by atoms with Crippen LogP contribution in [0.4, 0.5) is 0 Å². The van der Waals surface area contributed by atoms with Gasteiger partial charge in [0.05, 0.1) is 6.61 Å². The third-order valence-corrected chi connectivity index (χ3v) is 2.38. The standard InChI is InChI=1S/C12H27N3O.HI/c1-10(2)6-7-11(3)15-12(13-4)14-8-9-16-5;/h10-11H,6-9H2,1-5H3,(H2,13,14,15);1H. The van der Waals surface area contributed by atoms with E-state index in [0.717, 1.165) is 18.4 Å². The van der Waals surface area contributed by atoms with Crippen LogP contribution in [0.5, 0.6) is 0 Å². The number of halogens is 1.